The third kappa shape index (κ3) is 4.66. The van der Waals surface area contributed by atoms with Crippen LogP contribution in [0.25, 0.3) is 5.69 Å². The number of carbonyl (C=O) groups excluding carboxylic acids is 1. The molecular weight excluding hydrogens is 406 g/mol. The maximum absolute atomic E-state index is 12.9. The maximum Gasteiger partial charge on any atom is 0.240 e. The highest BCUT2D eigenvalue weighted by Crippen LogP contribution is 2.22. The molecular formula is C20H25N5O4S. The summed E-state index contributed by atoms with van der Waals surface area (Å²) in [5.41, 5.74) is 3.00. The first-order valence-corrected chi connectivity index (χ1v) is 11.0. The second-order valence-corrected chi connectivity index (χ2v) is 8.77. The Bertz CT molecular complexity index is 1160. The van der Waals surface area contributed by atoms with E-state index in [1.165, 1.54) is 12.1 Å². The molecule has 1 aromatic carbocycles. The van der Waals surface area contributed by atoms with E-state index in [2.05, 4.69) is 10.1 Å². The average Bonchev–Trinajstić information content (AvgIpc) is 3.24. The molecule has 160 valence electrons. The highest BCUT2D eigenvalue weighted by atomic mass is 32.2. The normalized spacial score (nSPS) is 11.9. The summed E-state index contributed by atoms with van der Waals surface area (Å²) < 4.78 is 30.0. The zero-order valence-electron chi connectivity index (χ0n) is 17.4. The standard InChI is InChI=1S/C20H25N5O4S/c1-5-19-22-20(29-23-19)12-24(4)11-18(26)17-10-13(2)25(14(17)3)15-6-8-16(9-7-15)30(21,27)28/h6-10H,5,11-12H2,1-4H3,(H2,21,27,28). The lowest BCUT2D eigenvalue weighted by Crippen LogP contribution is -2.26. The van der Waals surface area contributed by atoms with Crippen molar-refractivity contribution < 1.29 is 17.7 Å². The van der Waals surface area contributed by atoms with Gasteiger partial charge in [0.1, 0.15) is 0 Å². The van der Waals surface area contributed by atoms with E-state index in [-0.39, 0.29) is 17.2 Å². The van der Waals surface area contributed by atoms with Gasteiger partial charge in [0.2, 0.25) is 15.9 Å². The van der Waals surface area contributed by atoms with Crippen molar-refractivity contribution in [2.75, 3.05) is 13.6 Å². The number of ketones is 1. The Hall–Kier alpha value is -2.82. The van der Waals surface area contributed by atoms with Crippen LogP contribution in [0, 0.1) is 13.8 Å². The minimum absolute atomic E-state index is 0.0340. The lowest BCUT2D eigenvalue weighted by Gasteiger charge is -2.14. The van der Waals surface area contributed by atoms with Gasteiger partial charge < -0.3 is 9.09 Å². The zero-order valence-corrected chi connectivity index (χ0v) is 18.2. The minimum atomic E-state index is -3.76. The Balaban J connectivity index is 1.78. The molecule has 0 fully saturated rings. The molecule has 0 amide bonds. The van der Waals surface area contributed by atoms with Gasteiger partial charge in [0.05, 0.1) is 18.0 Å². The molecule has 2 aromatic heterocycles. The number of nitrogens with two attached hydrogens (primary N) is 1. The number of nitrogens with zero attached hydrogens (tertiary/aromatic N) is 4. The van der Waals surface area contributed by atoms with E-state index in [4.69, 9.17) is 9.66 Å². The third-order valence-electron chi connectivity index (χ3n) is 4.80. The molecule has 0 atom stereocenters. The van der Waals surface area contributed by atoms with Crippen LogP contribution in [-0.2, 0) is 23.0 Å². The second kappa shape index (κ2) is 8.50. The Morgan fingerprint density at radius 1 is 1.23 bits per heavy atom. The SMILES string of the molecule is CCc1noc(CN(C)CC(=O)c2cc(C)n(-c3ccc(S(N)(=O)=O)cc3)c2C)n1. The number of benzene rings is 1. The molecule has 10 heteroatoms. The lowest BCUT2D eigenvalue weighted by atomic mass is 10.1. The largest absolute Gasteiger partial charge is 0.338 e. The van der Waals surface area contributed by atoms with Gasteiger partial charge in [0.25, 0.3) is 0 Å². The number of primary sulfonamides is 1. The topological polar surface area (TPSA) is 124 Å². The first-order chi connectivity index (χ1) is 14.1. The summed E-state index contributed by atoms with van der Waals surface area (Å²) in [6.07, 6.45) is 0.691. The molecule has 30 heavy (non-hydrogen) atoms. The number of rotatable bonds is 8. The Labute approximate surface area is 175 Å². The number of sulfonamides is 1. The summed E-state index contributed by atoms with van der Waals surface area (Å²) in [4.78, 5) is 19.0. The number of hydrogen-bond acceptors (Lipinski definition) is 7. The van der Waals surface area contributed by atoms with Gasteiger partial charge in [-0.25, -0.2) is 13.6 Å². The van der Waals surface area contributed by atoms with Gasteiger partial charge in [0, 0.05) is 29.1 Å². The van der Waals surface area contributed by atoms with Crippen LogP contribution in [0.15, 0.2) is 39.8 Å². The Morgan fingerprint density at radius 2 is 1.90 bits per heavy atom. The predicted octanol–water partition coefficient (Wildman–Crippen LogP) is 2.00. The summed E-state index contributed by atoms with van der Waals surface area (Å²) in [6, 6.07) is 8.07. The minimum Gasteiger partial charge on any atom is -0.338 e. The molecule has 0 unspecified atom stereocenters. The van der Waals surface area contributed by atoms with E-state index in [0.717, 1.165) is 17.1 Å². The molecule has 0 radical (unpaired) electrons. The quantitative estimate of drug-likeness (QED) is 0.541. The number of aromatic nitrogens is 3. The van der Waals surface area contributed by atoms with Crippen LogP contribution < -0.4 is 5.14 Å². The molecule has 0 aliphatic carbocycles. The summed E-state index contributed by atoms with van der Waals surface area (Å²) in [6.45, 7) is 6.27. The highest BCUT2D eigenvalue weighted by molar-refractivity contribution is 7.89. The van der Waals surface area contributed by atoms with E-state index >= 15 is 0 Å². The van der Waals surface area contributed by atoms with E-state index in [1.807, 2.05) is 43.4 Å². The summed E-state index contributed by atoms with van der Waals surface area (Å²) in [5.74, 6) is 1.08. The van der Waals surface area contributed by atoms with Crippen molar-refractivity contribution >= 4 is 15.8 Å². The van der Waals surface area contributed by atoms with Gasteiger partial charge >= 0.3 is 0 Å². The van der Waals surface area contributed by atoms with Crippen molar-refractivity contribution in [2.24, 2.45) is 5.14 Å². The van der Waals surface area contributed by atoms with Crippen LogP contribution in [0.3, 0.4) is 0 Å². The van der Waals surface area contributed by atoms with E-state index in [0.29, 0.717) is 30.2 Å². The van der Waals surface area contributed by atoms with Crippen molar-refractivity contribution in [3.8, 4) is 5.69 Å². The molecule has 0 saturated carbocycles. The van der Waals surface area contributed by atoms with Gasteiger partial charge in [-0.3, -0.25) is 9.69 Å². The van der Waals surface area contributed by atoms with Gasteiger partial charge in [0.15, 0.2) is 11.6 Å². The fraction of sp³-hybridized carbons (Fsp3) is 0.350. The van der Waals surface area contributed by atoms with E-state index < -0.39 is 10.0 Å². The second-order valence-electron chi connectivity index (χ2n) is 7.21. The summed E-state index contributed by atoms with van der Waals surface area (Å²) >= 11 is 0. The van der Waals surface area contributed by atoms with Crippen LogP contribution in [-0.4, -0.2) is 47.4 Å². The molecule has 0 aliphatic heterocycles. The van der Waals surface area contributed by atoms with Crippen molar-refractivity contribution in [3.63, 3.8) is 0 Å². The van der Waals surface area contributed by atoms with Crippen LogP contribution in [0.5, 0.6) is 0 Å². The van der Waals surface area contributed by atoms with Gasteiger partial charge in [-0.1, -0.05) is 12.1 Å². The predicted molar refractivity (Wildman–Crippen MR) is 111 cm³/mol. The molecule has 0 bridgehead atoms. The molecule has 3 rings (SSSR count). The first-order valence-electron chi connectivity index (χ1n) is 9.45. The molecule has 2 N–H and O–H groups in total. The van der Waals surface area contributed by atoms with Crippen molar-refractivity contribution in [2.45, 2.75) is 38.6 Å². The third-order valence-corrected chi connectivity index (χ3v) is 5.73. The molecule has 3 aromatic rings. The molecule has 0 saturated heterocycles. The van der Waals surface area contributed by atoms with E-state index in [9.17, 15) is 13.2 Å². The van der Waals surface area contributed by atoms with Crippen molar-refractivity contribution in [1.29, 1.82) is 0 Å². The van der Waals surface area contributed by atoms with Crippen LogP contribution in [0.1, 0.15) is 40.4 Å². The fourth-order valence-corrected chi connectivity index (χ4v) is 3.86. The fourth-order valence-electron chi connectivity index (χ4n) is 3.34. The van der Waals surface area contributed by atoms with Gasteiger partial charge in [-0.05, 0) is 51.2 Å². The number of hydrogen-bond donors (Lipinski definition) is 1. The number of aryl methyl sites for hydroxylation is 2. The Kier molecular flexibility index (Phi) is 6.20. The number of carbonyl (C=O) groups is 1. The smallest absolute Gasteiger partial charge is 0.240 e. The van der Waals surface area contributed by atoms with Crippen molar-refractivity contribution in [1.82, 2.24) is 19.6 Å². The van der Waals surface area contributed by atoms with Crippen LogP contribution >= 0.6 is 0 Å². The first kappa shape index (κ1) is 21.9. The number of Topliss-reactive ketones (excluding diaryl/α,β-unsaturated/α-hetero) is 1. The summed E-state index contributed by atoms with van der Waals surface area (Å²) in [5, 5.41) is 9.02. The van der Waals surface area contributed by atoms with Gasteiger partial charge in [-0.2, -0.15) is 4.98 Å². The molecule has 0 aliphatic rings. The zero-order chi connectivity index (χ0) is 22.1. The molecule has 0 spiro atoms. The highest BCUT2D eigenvalue weighted by Gasteiger charge is 2.19. The van der Waals surface area contributed by atoms with Gasteiger partial charge in [-0.15, -0.1) is 0 Å². The summed E-state index contributed by atoms with van der Waals surface area (Å²) in [7, 11) is -1.94. The average molecular weight is 432 g/mol. The van der Waals surface area contributed by atoms with Crippen LogP contribution in [0.4, 0.5) is 0 Å². The van der Waals surface area contributed by atoms with E-state index in [1.54, 1.807) is 12.1 Å². The van der Waals surface area contributed by atoms with Crippen molar-refractivity contribution in [3.05, 3.63) is 59.0 Å². The maximum atomic E-state index is 12.9. The Morgan fingerprint density at radius 3 is 2.47 bits per heavy atom. The number of likely N-dealkylation sites (N-methyl/N-ethyl adjacent to an activating group) is 1. The monoisotopic (exact) mass is 431 g/mol. The van der Waals surface area contributed by atoms with Crippen LogP contribution in [0.2, 0.25) is 0 Å². The molecule has 9 nitrogen and oxygen atoms in total. The lowest BCUT2D eigenvalue weighted by molar-refractivity contribution is 0.0936. The molecule has 2 heterocycles.